The smallest absolute Gasteiger partial charge is 0.251 e. The van der Waals surface area contributed by atoms with Gasteiger partial charge in [-0.1, -0.05) is 15.9 Å². The first kappa shape index (κ1) is 14.2. The molecule has 0 spiro atoms. The molecule has 3 nitrogen and oxygen atoms in total. The van der Waals surface area contributed by atoms with Gasteiger partial charge in [0, 0.05) is 10.0 Å². The zero-order valence-electron chi connectivity index (χ0n) is 10.5. The molecule has 0 bridgehead atoms. The highest BCUT2D eigenvalue weighted by atomic mass is 79.9. The van der Waals surface area contributed by atoms with Crippen molar-refractivity contribution in [1.29, 1.82) is 0 Å². The van der Waals surface area contributed by atoms with Gasteiger partial charge in [0.05, 0.1) is 11.1 Å². The third-order valence-electron chi connectivity index (χ3n) is 3.06. The summed E-state index contributed by atoms with van der Waals surface area (Å²) in [6.07, 6.45) is 0. The van der Waals surface area contributed by atoms with E-state index in [0.29, 0.717) is 5.56 Å². The van der Waals surface area contributed by atoms with Crippen LogP contribution in [0.5, 0.6) is 0 Å². The maximum atomic E-state index is 12.0. The van der Waals surface area contributed by atoms with E-state index in [2.05, 4.69) is 21.2 Å². The van der Waals surface area contributed by atoms with Gasteiger partial charge in [-0.3, -0.25) is 4.79 Å². The summed E-state index contributed by atoms with van der Waals surface area (Å²) >= 11 is 3.32. The van der Waals surface area contributed by atoms with E-state index in [0.717, 1.165) is 4.47 Å². The van der Waals surface area contributed by atoms with Crippen LogP contribution in [0.1, 0.15) is 38.1 Å². The molecule has 0 saturated heterocycles. The number of hydrogen-bond acceptors (Lipinski definition) is 2. The SMILES string of the molecule is CC(C)(O)C(C)(C)NC(=O)c1ccc(Br)cc1. The van der Waals surface area contributed by atoms with Crippen LogP contribution in [0.3, 0.4) is 0 Å². The van der Waals surface area contributed by atoms with Crippen LogP contribution >= 0.6 is 15.9 Å². The van der Waals surface area contributed by atoms with Crippen LogP contribution in [-0.2, 0) is 0 Å². The fourth-order valence-corrected chi connectivity index (χ4v) is 1.37. The van der Waals surface area contributed by atoms with Crippen LogP contribution in [0, 0.1) is 0 Å². The Labute approximate surface area is 110 Å². The average molecular weight is 300 g/mol. The third-order valence-corrected chi connectivity index (χ3v) is 3.59. The molecule has 94 valence electrons. The first-order valence-corrected chi connectivity index (χ1v) is 6.23. The first-order chi connectivity index (χ1) is 7.63. The Morgan fingerprint density at radius 1 is 1.18 bits per heavy atom. The van der Waals surface area contributed by atoms with Crippen LogP contribution in [0.4, 0.5) is 0 Å². The predicted molar refractivity (Wildman–Crippen MR) is 72.0 cm³/mol. The summed E-state index contributed by atoms with van der Waals surface area (Å²) in [6, 6.07) is 7.09. The van der Waals surface area contributed by atoms with E-state index in [4.69, 9.17) is 0 Å². The quantitative estimate of drug-likeness (QED) is 0.902. The minimum atomic E-state index is -0.988. The van der Waals surface area contributed by atoms with Crippen LogP contribution in [0.2, 0.25) is 0 Å². The van der Waals surface area contributed by atoms with Crippen LogP contribution in [0.15, 0.2) is 28.7 Å². The topological polar surface area (TPSA) is 49.3 Å². The summed E-state index contributed by atoms with van der Waals surface area (Å²) in [5, 5.41) is 12.8. The lowest BCUT2D eigenvalue weighted by atomic mass is 9.86. The number of rotatable bonds is 3. The van der Waals surface area contributed by atoms with E-state index in [1.165, 1.54) is 0 Å². The molecule has 0 atom stereocenters. The standard InChI is InChI=1S/C13H18BrNO2/c1-12(2,13(3,4)17)15-11(16)9-5-7-10(14)8-6-9/h5-8,17H,1-4H3,(H,15,16). The molecule has 0 aromatic heterocycles. The zero-order chi connectivity index (χ0) is 13.3. The van der Waals surface area contributed by atoms with Crippen LogP contribution in [-0.4, -0.2) is 22.2 Å². The summed E-state index contributed by atoms with van der Waals surface area (Å²) < 4.78 is 0.927. The number of carbonyl (C=O) groups excluding carboxylic acids is 1. The van der Waals surface area contributed by atoms with Crippen molar-refractivity contribution in [2.75, 3.05) is 0 Å². The van der Waals surface area contributed by atoms with E-state index in [-0.39, 0.29) is 5.91 Å². The van der Waals surface area contributed by atoms with Crippen molar-refractivity contribution in [3.63, 3.8) is 0 Å². The molecule has 4 heteroatoms. The summed E-state index contributed by atoms with van der Waals surface area (Å²) in [5.41, 5.74) is -1.11. The summed E-state index contributed by atoms with van der Waals surface area (Å²) in [7, 11) is 0. The third kappa shape index (κ3) is 3.54. The summed E-state index contributed by atoms with van der Waals surface area (Å²) in [5.74, 6) is -0.190. The molecule has 17 heavy (non-hydrogen) atoms. The lowest BCUT2D eigenvalue weighted by Gasteiger charge is -2.38. The van der Waals surface area contributed by atoms with Crippen molar-refractivity contribution in [2.24, 2.45) is 0 Å². The van der Waals surface area contributed by atoms with Gasteiger partial charge in [0.25, 0.3) is 5.91 Å². The largest absolute Gasteiger partial charge is 0.388 e. The number of nitrogens with one attached hydrogen (secondary N) is 1. The molecular weight excluding hydrogens is 282 g/mol. The Morgan fingerprint density at radius 3 is 2.06 bits per heavy atom. The molecule has 1 rings (SSSR count). The Balaban J connectivity index is 2.83. The van der Waals surface area contributed by atoms with Gasteiger partial charge in [-0.05, 0) is 52.0 Å². The lowest BCUT2D eigenvalue weighted by molar-refractivity contribution is -0.00292. The van der Waals surface area contributed by atoms with Crippen molar-refractivity contribution in [1.82, 2.24) is 5.32 Å². The van der Waals surface area contributed by atoms with Gasteiger partial charge in [-0.25, -0.2) is 0 Å². The second kappa shape index (κ2) is 4.78. The first-order valence-electron chi connectivity index (χ1n) is 5.44. The fourth-order valence-electron chi connectivity index (χ4n) is 1.11. The summed E-state index contributed by atoms with van der Waals surface area (Å²) in [6.45, 7) is 6.94. The van der Waals surface area contributed by atoms with Gasteiger partial charge in [0.1, 0.15) is 0 Å². The predicted octanol–water partition coefficient (Wildman–Crippen LogP) is 2.73. The van der Waals surface area contributed by atoms with E-state index < -0.39 is 11.1 Å². The Hall–Kier alpha value is -0.870. The van der Waals surface area contributed by atoms with Crippen molar-refractivity contribution in [3.05, 3.63) is 34.3 Å². The van der Waals surface area contributed by atoms with Crippen LogP contribution in [0.25, 0.3) is 0 Å². The maximum Gasteiger partial charge on any atom is 0.251 e. The highest BCUT2D eigenvalue weighted by Gasteiger charge is 2.36. The molecular formula is C13H18BrNO2. The molecule has 0 aliphatic carbocycles. The molecule has 0 radical (unpaired) electrons. The second-order valence-electron chi connectivity index (χ2n) is 5.15. The highest BCUT2D eigenvalue weighted by molar-refractivity contribution is 9.10. The normalized spacial score (nSPS) is 12.4. The highest BCUT2D eigenvalue weighted by Crippen LogP contribution is 2.21. The van der Waals surface area contributed by atoms with Crippen molar-refractivity contribution in [2.45, 2.75) is 38.8 Å². The molecule has 1 aromatic carbocycles. The monoisotopic (exact) mass is 299 g/mol. The van der Waals surface area contributed by atoms with Gasteiger partial charge in [-0.2, -0.15) is 0 Å². The summed E-state index contributed by atoms with van der Waals surface area (Å²) in [4.78, 5) is 12.0. The molecule has 0 unspecified atom stereocenters. The van der Waals surface area contributed by atoms with Crippen molar-refractivity contribution >= 4 is 21.8 Å². The maximum absolute atomic E-state index is 12.0. The van der Waals surface area contributed by atoms with Gasteiger partial charge < -0.3 is 10.4 Å². The fraction of sp³-hybridized carbons (Fsp3) is 0.462. The molecule has 2 N–H and O–H groups in total. The molecule has 0 aliphatic heterocycles. The second-order valence-corrected chi connectivity index (χ2v) is 6.06. The Kier molecular flexibility index (Phi) is 3.99. The Morgan fingerprint density at radius 2 is 1.65 bits per heavy atom. The van der Waals surface area contributed by atoms with Gasteiger partial charge in [0.15, 0.2) is 0 Å². The zero-order valence-corrected chi connectivity index (χ0v) is 12.1. The molecule has 0 saturated carbocycles. The van der Waals surface area contributed by atoms with Crippen molar-refractivity contribution < 1.29 is 9.90 Å². The van der Waals surface area contributed by atoms with Crippen molar-refractivity contribution in [3.8, 4) is 0 Å². The number of halogens is 1. The molecule has 1 amide bonds. The van der Waals surface area contributed by atoms with Crippen LogP contribution < -0.4 is 5.32 Å². The minimum absolute atomic E-state index is 0.190. The molecule has 1 aromatic rings. The molecule has 0 fully saturated rings. The number of amides is 1. The van der Waals surface area contributed by atoms with Gasteiger partial charge in [-0.15, -0.1) is 0 Å². The van der Waals surface area contributed by atoms with E-state index >= 15 is 0 Å². The number of hydrogen-bond donors (Lipinski definition) is 2. The van der Waals surface area contributed by atoms with E-state index in [1.54, 1.807) is 39.8 Å². The average Bonchev–Trinajstić information content (AvgIpc) is 2.16. The minimum Gasteiger partial charge on any atom is -0.388 e. The molecule has 0 heterocycles. The Bertz CT molecular complexity index is 404. The van der Waals surface area contributed by atoms with E-state index in [1.807, 2.05) is 12.1 Å². The number of carbonyl (C=O) groups is 1. The van der Waals surface area contributed by atoms with E-state index in [9.17, 15) is 9.90 Å². The molecule has 0 aliphatic rings. The number of benzene rings is 1. The lowest BCUT2D eigenvalue weighted by Crippen LogP contribution is -2.57. The number of aliphatic hydroxyl groups is 1. The van der Waals surface area contributed by atoms with Gasteiger partial charge in [0.2, 0.25) is 0 Å². The van der Waals surface area contributed by atoms with Gasteiger partial charge >= 0.3 is 0 Å².